The second kappa shape index (κ2) is 11.6. The standard InChI is InChI=1S/C47H33N3O/c1-30-14-5-6-19-35(30)46-49-44(31-15-3-2-4-16-31)48-45(50-46)34-18-13-17-32(28-34)33-26-27-41-43(29-33)51-42-25-12-11-24-40(42)47(41)38-22-9-7-20-36(38)37-21-8-10-23-39(37)47/h2-13,15-30H,14H2,1H3/t30-/m0/s1. The monoisotopic (exact) mass is 655 g/mol. The number of ether oxygens (including phenoxy) is 1. The van der Waals surface area contributed by atoms with Gasteiger partial charge in [0.1, 0.15) is 11.5 Å². The maximum atomic E-state index is 6.78. The summed E-state index contributed by atoms with van der Waals surface area (Å²) in [4.78, 5) is 15.1. The van der Waals surface area contributed by atoms with Gasteiger partial charge in [-0.2, -0.15) is 0 Å². The summed E-state index contributed by atoms with van der Waals surface area (Å²) < 4.78 is 6.78. The van der Waals surface area contributed by atoms with Crippen molar-refractivity contribution in [3.63, 3.8) is 0 Å². The second-order valence-electron chi connectivity index (χ2n) is 13.6. The maximum absolute atomic E-state index is 6.78. The van der Waals surface area contributed by atoms with Crippen LogP contribution in [0.5, 0.6) is 11.5 Å². The second-order valence-corrected chi connectivity index (χ2v) is 13.6. The number of aromatic nitrogens is 3. The average Bonchev–Trinajstić information content (AvgIpc) is 3.49. The summed E-state index contributed by atoms with van der Waals surface area (Å²) in [6.07, 6.45) is 7.40. The number of nitrogens with zero attached hydrogens (tertiary/aromatic N) is 3. The van der Waals surface area contributed by atoms with Crippen LogP contribution in [0.25, 0.3) is 50.6 Å². The average molecular weight is 656 g/mol. The zero-order chi connectivity index (χ0) is 33.9. The summed E-state index contributed by atoms with van der Waals surface area (Å²) in [7, 11) is 0. The molecule has 4 nitrogen and oxygen atoms in total. The molecule has 7 aromatic rings. The van der Waals surface area contributed by atoms with Crippen LogP contribution in [0, 0.1) is 5.92 Å². The third-order valence-corrected chi connectivity index (χ3v) is 10.7. The fourth-order valence-corrected chi connectivity index (χ4v) is 8.27. The predicted octanol–water partition coefficient (Wildman–Crippen LogP) is 11.3. The lowest BCUT2D eigenvalue weighted by Gasteiger charge is -2.39. The minimum absolute atomic E-state index is 0.322. The highest BCUT2D eigenvalue weighted by molar-refractivity contribution is 5.89. The van der Waals surface area contributed by atoms with E-state index in [-0.39, 0.29) is 0 Å². The van der Waals surface area contributed by atoms with Crippen molar-refractivity contribution < 1.29 is 4.74 Å². The molecule has 51 heavy (non-hydrogen) atoms. The van der Waals surface area contributed by atoms with Gasteiger partial charge in [0.25, 0.3) is 0 Å². The summed E-state index contributed by atoms with van der Waals surface area (Å²) in [6.45, 7) is 2.23. The van der Waals surface area contributed by atoms with E-state index in [0.29, 0.717) is 17.6 Å². The molecule has 2 aliphatic carbocycles. The van der Waals surface area contributed by atoms with Gasteiger partial charge in [0.05, 0.1) is 5.41 Å². The van der Waals surface area contributed by atoms with E-state index in [0.717, 1.165) is 57.1 Å². The Morgan fingerprint density at radius 1 is 0.510 bits per heavy atom. The van der Waals surface area contributed by atoms with Crippen LogP contribution < -0.4 is 4.74 Å². The minimum atomic E-state index is -0.479. The van der Waals surface area contributed by atoms with E-state index < -0.39 is 5.41 Å². The number of hydrogen-bond acceptors (Lipinski definition) is 4. The van der Waals surface area contributed by atoms with Crippen molar-refractivity contribution in [3.8, 4) is 56.5 Å². The number of hydrogen-bond donors (Lipinski definition) is 0. The van der Waals surface area contributed by atoms with E-state index in [4.69, 9.17) is 19.7 Å². The Kier molecular flexibility index (Phi) is 6.72. The Bertz CT molecular complexity index is 2520. The van der Waals surface area contributed by atoms with Gasteiger partial charge < -0.3 is 4.74 Å². The number of benzene rings is 6. The van der Waals surface area contributed by atoms with Gasteiger partial charge in [-0.1, -0.05) is 153 Å². The van der Waals surface area contributed by atoms with Crippen LogP contribution in [0.3, 0.4) is 0 Å². The number of allylic oxidation sites excluding steroid dienone is 4. The molecule has 0 amide bonds. The quantitative estimate of drug-likeness (QED) is 0.189. The summed E-state index contributed by atoms with van der Waals surface area (Å²) in [6, 6.07) is 51.5. The first-order valence-electron chi connectivity index (χ1n) is 17.6. The molecule has 3 aliphatic rings. The number of fused-ring (bicyclic) bond motifs is 9. The largest absolute Gasteiger partial charge is 0.457 e. The summed E-state index contributed by atoms with van der Waals surface area (Å²) in [5, 5.41) is 0. The van der Waals surface area contributed by atoms with Gasteiger partial charge in [0.15, 0.2) is 17.5 Å². The van der Waals surface area contributed by atoms with E-state index in [2.05, 4.69) is 153 Å². The first-order chi connectivity index (χ1) is 25.2. The van der Waals surface area contributed by atoms with E-state index in [9.17, 15) is 0 Å². The summed E-state index contributed by atoms with van der Waals surface area (Å²) >= 11 is 0. The predicted molar refractivity (Wildman–Crippen MR) is 204 cm³/mol. The Hall–Kier alpha value is -6.39. The summed E-state index contributed by atoms with van der Waals surface area (Å²) in [5.74, 6) is 4.13. The van der Waals surface area contributed by atoms with Crippen molar-refractivity contribution in [1.82, 2.24) is 15.0 Å². The van der Waals surface area contributed by atoms with Gasteiger partial charge in [-0.15, -0.1) is 0 Å². The molecule has 0 bridgehead atoms. The Balaban J connectivity index is 1.12. The molecule has 0 fully saturated rings. The lowest BCUT2D eigenvalue weighted by Crippen LogP contribution is -2.32. The highest BCUT2D eigenvalue weighted by Crippen LogP contribution is 2.62. The van der Waals surface area contributed by atoms with Crippen LogP contribution in [-0.4, -0.2) is 15.0 Å². The fourth-order valence-electron chi connectivity index (χ4n) is 8.27. The van der Waals surface area contributed by atoms with Gasteiger partial charge in [-0.05, 0) is 63.9 Å². The molecule has 1 atom stereocenters. The lowest BCUT2D eigenvalue weighted by molar-refractivity contribution is 0.436. The zero-order valence-corrected chi connectivity index (χ0v) is 28.1. The molecular formula is C47H33N3O. The smallest absolute Gasteiger partial charge is 0.164 e. The van der Waals surface area contributed by atoms with E-state index >= 15 is 0 Å². The molecular weight excluding hydrogens is 623 g/mol. The summed E-state index contributed by atoms with van der Waals surface area (Å²) in [5.41, 5.74) is 12.1. The molecule has 0 N–H and O–H groups in total. The van der Waals surface area contributed by atoms with Crippen molar-refractivity contribution in [3.05, 3.63) is 192 Å². The highest BCUT2D eigenvalue weighted by atomic mass is 16.5. The van der Waals surface area contributed by atoms with Crippen LogP contribution in [0.1, 0.15) is 41.4 Å². The van der Waals surface area contributed by atoms with Crippen molar-refractivity contribution in [2.75, 3.05) is 0 Å². The van der Waals surface area contributed by atoms with Gasteiger partial charge in [-0.25, -0.2) is 15.0 Å². The molecule has 1 aliphatic heterocycles. The fraction of sp³-hybridized carbons (Fsp3) is 0.0851. The first kappa shape index (κ1) is 29.5. The van der Waals surface area contributed by atoms with E-state index in [1.165, 1.54) is 27.8 Å². The van der Waals surface area contributed by atoms with Crippen LogP contribution in [0.15, 0.2) is 164 Å². The molecule has 0 saturated heterocycles. The lowest BCUT2D eigenvalue weighted by atomic mass is 9.66. The van der Waals surface area contributed by atoms with Crippen LogP contribution >= 0.6 is 0 Å². The molecule has 6 aromatic carbocycles. The molecule has 2 heterocycles. The SMILES string of the molecule is C[C@H]1CC=CC=C1c1nc(-c2ccccc2)nc(-c2cccc(-c3ccc4c(c3)Oc3ccccc3C43c4ccccc4-c4ccccc43)c2)n1. The van der Waals surface area contributed by atoms with Gasteiger partial charge in [0.2, 0.25) is 0 Å². The van der Waals surface area contributed by atoms with Crippen LogP contribution in [0.4, 0.5) is 0 Å². The van der Waals surface area contributed by atoms with Gasteiger partial charge >= 0.3 is 0 Å². The Labute approximate surface area is 297 Å². The number of rotatable bonds is 4. The molecule has 4 heteroatoms. The van der Waals surface area contributed by atoms with E-state index in [1.54, 1.807) is 0 Å². The van der Waals surface area contributed by atoms with Gasteiger partial charge in [0, 0.05) is 27.8 Å². The molecule has 242 valence electrons. The molecule has 1 spiro atoms. The third-order valence-electron chi connectivity index (χ3n) is 10.7. The maximum Gasteiger partial charge on any atom is 0.164 e. The number of para-hydroxylation sites is 1. The zero-order valence-electron chi connectivity index (χ0n) is 28.1. The minimum Gasteiger partial charge on any atom is -0.457 e. The Morgan fingerprint density at radius 3 is 1.86 bits per heavy atom. The van der Waals surface area contributed by atoms with Crippen LogP contribution in [0.2, 0.25) is 0 Å². The van der Waals surface area contributed by atoms with Crippen LogP contribution in [-0.2, 0) is 5.41 Å². The molecule has 0 radical (unpaired) electrons. The third kappa shape index (κ3) is 4.56. The van der Waals surface area contributed by atoms with Crippen molar-refractivity contribution in [2.24, 2.45) is 5.92 Å². The highest BCUT2D eigenvalue weighted by Gasteiger charge is 2.50. The van der Waals surface area contributed by atoms with Gasteiger partial charge in [-0.3, -0.25) is 0 Å². The van der Waals surface area contributed by atoms with Crippen molar-refractivity contribution in [2.45, 2.75) is 18.8 Å². The molecule has 10 rings (SSSR count). The Morgan fingerprint density at radius 2 is 1.10 bits per heavy atom. The van der Waals surface area contributed by atoms with E-state index in [1.807, 2.05) is 18.2 Å². The van der Waals surface area contributed by atoms with Crippen molar-refractivity contribution in [1.29, 1.82) is 0 Å². The first-order valence-corrected chi connectivity index (χ1v) is 17.6. The molecule has 1 aromatic heterocycles. The molecule has 0 saturated carbocycles. The normalized spacial score (nSPS) is 16.0. The van der Waals surface area contributed by atoms with Crippen molar-refractivity contribution >= 4 is 5.57 Å². The topological polar surface area (TPSA) is 47.9 Å². The molecule has 0 unspecified atom stereocenters.